The average Bonchev–Trinajstić information content (AvgIpc) is 2.31. The molecule has 0 saturated carbocycles. The summed E-state index contributed by atoms with van der Waals surface area (Å²) < 4.78 is 0. The van der Waals surface area contributed by atoms with Crippen LogP contribution >= 0.6 is 15.9 Å². The van der Waals surface area contributed by atoms with Gasteiger partial charge in [-0.25, -0.2) is 0 Å². The van der Waals surface area contributed by atoms with Gasteiger partial charge in [-0.1, -0.05) is 15.9 Å². The van der Waals surface area contributed by atoms with Crippen LogP contribution in [0.5, 0.6) is 0 Å². The first kappa shape index (κ1) is 11.5. The van der Waals surface area contributed by atoms with E-state index in [2.05, 4.69) is 40.3 Å². The van der Waals surface area contributed by atoms with E-state index < -0.39 is 0 Å². The summed E-state index contributed by atoms with van der Waals surface area (Å²) in [7, 11) is 2.11. The lowest BCUT2D eigenvalue weighted by Gasteiger charge is -2.11. The zero-order valence-electron chi connectivity index (χ0n) is 6.69. The van der Waals surface area contributed by atoms with Gasteiger partial charge in [-0.15, -0.1) is 0 Å². The second kappa shape index (κ2) is 6.03. The Hall–Kier alpha value is 0.460. The van der Waals surface area contributed by atoms with Gasteiger partial charge >= 0.3 is 0 Å². The average molecular weight is 286 g/mol. The standard InChI is InChI=1S/C7H13BrN2.BrH/c1-9-5-6-10(7-9)4-2-3-8;/h5-6H,2-4,7H2,1H3;1H. The van der Waals surface area contributed by atoms with Gasteiger partial charge in [-0.2, -0.15) is 0 Å². The second-order valence-corrected chi connectivity index (χ2v) is 3.47. The molecule has 4 heteroatoms. The van der Waals surface area contributed by atoms with Crippen molar-refractivity contribution in [3.63, 3.8) is 0 Å². The van der Waals surface area contributed by atoms with Crippen LogP contribution in [0.1, 0.15) is 6.42 Å². The molecule has 0 bridgehead atoms. The molecule has 0 saturated heterocycles. The summed E-state index contributed by atoms with van der Waals surface area (Å²) in [4.78, 5) is 3.77. The predicted octanol–water partition coefficient (Wildman–Crippen LogP) is -2.97. The minimum absolute atomic E-state index is 0. The lowest BCUT2D eigenvalue weighted by Crippen LogP contribution is -3.07. The molecule has 0 fully saturated rings. The molecule has 1 aliphatic heterocycles. The van der Waals surface area contributed by atoms with Crippen molar-refractivity contribution in [2.24, 2.45) is 0 Å². The lowest BCUT2D eigenvalue weighted by molar-refractivity contribution is -0.848. The molecule has 1 rings (SSSR count). The van der Waals surface area contributed by atoms with E-state index in [0.717, 1.165) is 12.0 Å². The van der Waals surface area contributed by atoms with Crippen molar-refractivity contribution in [2.45, 2.75) is 6.42 Å². The minimum atomic E-state index is 0. The SMILES string of the molecule is CN1C=C[NH+](CCCBr)C1.[Br-]. The summed E-state index contributed by atoms with van der Waals surface area (Å²) in [5.74, 6) is 0. The molecule has 1 N–H and O–H groups in total. The van der Waals surface area contributed by atoms with Crippen molar-refractivity contribution in [3.8, 4) is 0 Å². The summed E-state index contributed by atoms with van der Waals surface area (Å²) in [6.07, 6.45) is 5.62. The van der Waals surface area contributed by atoms with Gasteiger partial charge in [0.1, 0.15) is 6.20 Å². The van der Waals surface area contributed by atoms with Crippen molar-refractivity contribution < 1.29 is 21.9 Å². The first-order chi connectivity index (χ1) is 4.83. The van der Waals surface area contributed by atoms with Gasteiger partial charge in [0.05, 0.1) is 12.7 Å². The molecule has 2 nitrogen and oxygen atoms in total. The van der Waals surface area contributed by atoms with E-state index in [0.29, 0.717) is 0 Å². The van der Waals surface area contributed by atoms with Crippen LogP contribution in [0.4, 0.5) is 0 Å². The van der Waals surface area contributed by atoms with E-state index in [4.69, 9.17) is 0 Å². The maximum atomic E-state index is 3.42. The molecule has 0 spiro atoms. The number of hydrogen-bond donors (Lipinski definition) is 1. The van der Waals surface area contributed by atoms with E-state index >= 15 is 0 Å². The van der Waals surface area contributed by atoms with Gasteiger partial charge in [0.15, 0.2) is 6.67 Å². The summed E-state index contributed by atoms with van der Waals surface area (Å²) >= 11 is 3.42. The summed E-state index contributed by atoms with van der Waals surface area (Å²) in [6.45, 7) is 2.37. The minimum Gasteiger partial charge on any atom is -1.00 e. The Labute approximate surface area is 87.1 Å². The fraction of sp³-hybridized carbons (Fsp3) is 0.714. The molecule has 1 aliphatic rings. The molecule has 1 heterocycles. The Morgan fingerprint density at radius 2 is 2.36 bits per heavy atom. The maximum absolute atomic E-state index is 3.42. The molecule has 0 aliphatic carbocycles. The van der Waals surface area contributed by atoms with Crippen molar-refractivity contribution >= 4 is 15.9 Å². The molecule has 0 aromatic rings. The van der Waals surface area contributed by atoms with E-state index in [-0.39, 0.29) is 17.0 Å². The van der Waals surface area contributed by atoms with Gasteiger partial charge in [0.25, 0.3) is 0 Å². The number of hydrogen-bond acceptors (Lipinski definition) is 1. The molecule has 1 unspecified atom stereocenters. The summed E-state index contributed by atoms with van der Waals surface area (Å²) in [6, 6.07) is 0. The topological polar surface area (TPSA) is 7.68 Å². The van der Waals surface area contributed by atoms with Crippen molar-refractivity contribution in [1.29, 1.82) is 0 Å². The van der Waals surface area contributed by atoms with E-state index in [9.17, 15) is 0 Å². The van der Waals surface area contributed by atoms with Crippen LogP contribution in [-0.4, -0.2) is 30.5 Å². The van der Waals surface area contributed by atoms with E-state index in [1.54, 1.807) is 4.90 Å². The van der Waals surface area contributed by atoms with Gasteiger partial charge in [-0.3, -0.25) is 4.90 Å². The lowest BCUT2D eigenvalue weighted by atomic mass is 10.4. The highest BCUT2D eigenvalue weighted by Crippen LogP contribution is 1.86. The van der Waals surface area contributed by atoms with Crippen LogP contribution < -0.4 is 21.9 Å². The molecule has 1 atom stereocenters. The van der Waals surface area contributed by atoms with Crippen LogP contribution in [-0.2, 0) is 0 Å². The quantitative estimate of drug-likeness (QED) is 0.545. The molecule has 0 amide bonds. The summed E-state index contributed by atoms with van der Waals surface area (Å²) in [5, 5.41) is 1.12. The molecular formula is C7H14Br2N2. The number of rotatable bonds is 3. The zero-order valence-corrected chi connectivity index (χ0v) is 9.86. The molecule has 0 radical (unpaired) electrons. The molecule has 0 aromatic heterocycles. The Bertz CT molecular complexity index is 128. The fourth-order valence-electron chi connectivity index (χ4n) is 1.11. The Balaban J connectivity index is 0.000001000. The Morgan fingerprint density at radius 1 is 1.64 bits per heavy atom. The number of quaternary nitrogens is 1. The Morgan fingerprint density at radius 3 is 2.82 bits per heavy atom. The van der Waals surface area contributed by atoms with Gasteiger partial charge in [0, 0.05) is 18.8 Å². The molecule has 11 heavy (non-hydrogen) atoms. The third-order valence-corrected chi connectivity index (χ3v) is 2.21. The highest BCUT2D eigenvalue weighted by molar-refractivity contribution is 9.09. The molecule has 66 valence electrons. The summed E-state index contributed by atoms with van der Waals surface area (Å²) in [5.41, 5.74) is 0. The third kappa shape index (κ3) is 4.13. The van der Waals surface area contributed by atoms with Crippen LogP contribution in [0.25, 0.3) is 0 Å². The first-order valence-electron chi connectivity index (χ1n) is 3.62. The first-order valence-corrected chi connectivity index (χ1v) is 4.74. The van der Waals surface area contributed by atoms with Crippen LogP contribution in [0.15, 0.2) is 12.4 Å². The van der Waals surface area contributed by atoms with E-state index in [1.165, 1.54) is 13.0 Å². The largest absolute Gasteiger partial charge is 1.00 e. The molecule has 0 aromatic carbocycles. The van der Waals surface area contributed by atoms with Crippen LogP contribution in [0, 0.1) is 0 Å². The maximum Gasteiger partial charge on any atom is 0.156 e. The fourth-order valence-corrected chi connectivity index (χ4v) is 1.40. The van der Waals surface area contributed by atoms with Crippen molar-refractivity contribution in [1.82, 2.24) is 4.90 Å². The number of halogens is 2. The number of nitrogens with zero attached hydrogens (tertiary/aromatic N) is 1. The van der Waals surface area contributed by atoms with Gasteiger partial charge in [-0.05, 0) is 0 Å². The van der Waals surface area contributed by atoms with Gasteiger partial charge in [0.2, 0.25) is 0 Å². The van der Waals surface area contributed by atoms with Crippen LogP contribution in [0.3, 0.4) is 0 Å². The van der Waals surface area contributed by atoms with Crippen LogP contribution in [0.2, 0.25) is 0 Å². The second-order valence-electron chi connectivity index (χ2n) is 2.68. The van der Waals surface area contributed by atoms with Crippen molar-refractivity contribution in [2.75, 3.05) is 25.6 Å². The van der Waals surface area contributed by atoms with Gasteiger partial charge < -0.3 is 21.9 Å². The highest BCUT2D eigenvalue weighted by Gasteiger charge is 2.11. The number of nitrogens with one attached hydrogen (secondary N) is 1. The third-order valence-electron chi connectivity index (χ3n) is 1.65. The zero-order chi connectivity index (χ0) is 7.40. The number of alkyl halides is 1. The highest BCUT2D eigenvalue weighted by atomic mass is 79.9. The monoisotopic (exact) mass is 284 g/mol. The predicted molar refractivity (Wildman–Crippen MR) is 46.0 cm³/mol. The smallest absolute Gasteiger partial charge is 0.156 e. The molecular weight excluding hydrogens is 272 g/mol. The normalized spacial score (nSPS) is 22.0. The Kier molecular flexibility index (Phi) is 6.28. The van der Waals surface area contributed by atoms with Crippen molar-refractivity contribution in [3.05, 3.63) is 12.4 Å². The van der Waals surface area contributed by atoms with E-state index in [1.807, 2.05) is 0 Å².